The van der Waals surface area contributed by atoms with Crippen molar-refractivity contribution in [1.29, 1.82) is 0 Å². The second kappa shape index (κ2) is 7.41. The molecule has 1 N–H and O–H groups in total. The lowest BCUT2D eigenvalue weighted by Crippen LogP contribution is -2.39. The molecule has 27 heavy (non-hydrogen) atoms. The molecule has 1 aliphatic heterocycles. The molecule has 0 aliphatic carbocycles. The smallest absolute Gasteiger partial charge is 0.272 e. The summed E-state index contributed by atoms with van der Waals surface area (Å²) in [6, 6.07) is 15.1. The molecule has 0 spiro atoms. The van der Waals surface area contributed by atoms with E-state index in [2.05, 4.69) is 15.4 Å². The Bertz CT molecular complexity index is 953. The third-order valence-electron chi connectivity index (χ3n) is 4.49. The van der Waals surface area contributed by atoms with Gasteiger partial charge in [0.15, 0.2) is 5.69 Å². The van der Waals surface area contributed by atoms with Gasteiger partial charge in [-0.1, -0.05) is 36.4 Å². The van der Waals surface area contributed by atoms with Crippen molar-refractivity contribution < 1.29 is 9.59 Å². The number of pyridine rings is 1. The van der Waals surface area contributed by atoms with Crippen LogP contribution in [0.15, 0.2) is 60.9 Å². The fraction of sp³-hybridized carbons (Fsp3) is 0.200. The van der Waals surface area contributed by atoms with Crippen LogP contribution in [0.1, 0.15) is 32.1 Å². The van der Waals surface area contributed by atoms with Gasteiger partial charge >= 0.3 is 0 Å². The van der Waals surface area contributed by atoms with Crippen molar-refractivity contribution in [2.24, 2.45) is 0 Å². The first-order chi connectivity index (χ1) is 13.2. The maximum Gasteiger partial charge on any atom is 0.272 e. The summed E-state index contributed by atoms with van der Waals surface area (Å²) < 4.78 is 1.61. The Hall–Kier alpha value is -3.48. The fourth-order valence-corrected chi connectivity index (χ4v) is 3.08. The fourth-order valence-electron chi connectivity index (χ4n) is 3.08. The van der Waals surface area contributed by atoms with Gasteiger partial charge in [0, 0.05) is 38.1 Å². The van der Waals surface area contributed by atoms with Crippen LogP contribution in [0.5, 0.6) is 0 Å². The summed E-state index contributed by atoms with van der Waals surface area (Å²) >= 11 is 0. The lowest BCUT2D eigenvalue weighted by molar-refractivity contribution is 0.0683. The molecule has 136 valence electrons. The van der Waals surface area contributed by atoms with Gasteiger partial charge in [-0.05, 0) is 17.2 Å². The Morgan fingerprint density at radius 2 is 1.89 bits per heavy atom. The maximum atomic E-state index is 12.8. The molecule has 0 fully saturated rings. The first-order valence-corrected chi connectivity index (χ1v) is 8.79. The molecule has 2 amide bonds. The number of benzene rings is 1. The van der Waals surface area contributed by atoms with Crippen molar-refractivity contribution in [2.75, 3.05) is 6.54 Å². The molecule has 2 aromatic heterocycles. The van der Waals surface area contributed by atoms with Crippen LogP contribution in [0.25, 0.3) is 0 Å². The van der Waals surface area contributed by atoms with E-state index in [1.807, 2.05) is 42.5 Å². The molecule has 0 radical (unpaired) electrons. The minimum Gasteiger partial charge on any atom is -0.347 e. The van der Waals surface area contributed by atoms with E-state index in [0.29, 0.717) is 31.9 Å². The Kier molecular flexibility index (Phi) is 4.65. The van der Waals surface area contributed by atoms with Crippen molar-refractivity contribution in [1.82, 2.24) is 25.0 Å². The number of hydrogen-bond acceptors (Lipinski definition) is 4. The van der Waals surface area contributed by atoms with E-state index in [9.17, 15) is 9.59 Å². The summed E-state index contributed by atoms with van der Waals surface area (Å²) in [5.41, 5.74) is 2.68. The summed E-state index contributed by atoms with van der Waals surface area (Å²) in [6.45, 7) is 2.05. The van der Waals surface area contributed by atoms with Gasteiger partial charge in [-0.15, -0.1) is 0 Å². The van der Waals surface area contributed by atoms with Gasteiger partial charge in [0.2, 0.25) is 0 Å². The second-order valence-electron chi connectivity index (χ2n) is 6.39. The molecule has 0 saturated heterocycles. The van der Waals surface area contributed by atoms with E-state index in [1.54, 1.807) is 28.0 Å². The van der Waals surface area contributed by atoms with Gasteiger partial charge in [-0.2, -0.15) is 5.10 Å². The molecule has 7 nitrogen and oxygen atoms in total. The maximum absolute atomic E-state index is 12.8. The molecule has 0 bridgehead atoms. The largest absolute Gasteiger partial charge is 0.347 e. The minimum atomic E-state index is -0.303. The Morgan fingerprint density at radius 3 is 2.67 bits per heavy atom. The molecule has 7 heteroatoms. The lowest BCUT2D eigenvalue weighted by atomic mass is 10.2. The molecule has 0 unspecified atom stereocenters. The average Bonchev–Trinajstić information content (AvgIpc) is 3.15. The van der Waals surface area contributed by atoms with Crippen molar-refractivity contribution in [2.45, 2.75) is 19.6 Å². The normalized spacial score (nSPS) is 13.3. The quantitative estimate of drug-likeness (QED) is 0.752. The van der Waals surface area contributed by atoms with Gasteiger partial charge in [-0.25, -0.2) is 0 Å². The molecular formula is C20H19N5O2. The predicted octanol–water partition coefficient (Wildman–Crippen LogP) is 1.86. The number of nitrogens with one attached hydrogen (secondary N) is 1. The van der Waals surface area contributed by atoms with Crippen molar-refractivity contribution in [3.63, 3.8) is 0 Å². The lowest BCUT2D eigenvalue weighted by Gasteiger charge is -2.27. The zero-order chi connectivity index (χ0) is 18.6. The summed E-state index contributed by atoms with van der Waals surface area (Å²) in [7, 11) is 0. The van der Waals surface area contributed by atoms with Crippen LogP contribution in [0, 0.1) is 0 Å². The Morgan fingerprint density at radius 1 is 1.07 bits per heavy atom. The van der Waals surface area contributed by atoms with E-state index < -0.39 is 0 Å². The SMILES string of the molecule is O=C(NCc1cccnc1)c1cc2n(n1)CCN(Cc1ccccc1)C2=O. The molecule has 4 rings (SSSR count). The third-order valence-corrected chi connectivity index (χ3v) is 4.49. The van der Waals surface area contributed by atoms with E-state index >= 15 is 0 Å². The van der Waals surface area contributed by atoms with Crippen LogP contribution >= 0.6 is 0 Å². The summed E-state index contributed by atoms with van der Waals surface area (Å²) in [4.78, 5) is 30.9. The monoisotopic (exact) mass is 361 g/mol. The van der Waals surface area contributed by atoms with E-state index in [0.717, 1.165) is 11.1 Å². The Labute approximate surface area is 156 Å². The summed E-state index contributed by atoms with van der Waals surface area (Å²) in [5.74, 6) is -0.410. The first kappa shape index (κ1) is 17.0. The van der Waals surface area contributed by atoms with E-state index in [4.69, 9.17) is 0 Å². The van der Waals surface area contributed by atoms with Gasteiger partial charge in [0.05, 0.1) is 6.54 Å². The Balaban J connectivity index is 1.44. The molecule has 1 aliphatic rings. The number of rotatable bonds is 5. The summed E-state index contributed by atoms with van der Waals surface area (Å²) in [6.07, 6.45) is 3.38. The highest BCUT2D eigenvalue weighted by atomic mass is 16.2. The average molecular weight is 361 g/mol. The molecule has 0 saturated carbocycles. The predicted molar refractivity (Wildman–Crippen MR) is 98.8 cm³/mol. The second-order valence-corrected chi connectivity index (χ2v) is 6.39. The van der Waals surface area contributed by atoms with Crippen LogP contribution in [0.3, 0.4) is 0 Å². The number of hydrogen-bond donors (Lipinski definition) is 1. The molecule has 1 aromatic carbocycles. The van der Waals surface area contributed by atoms with Gasteiger partial charge in [0.1, 0.15) is 5.69 Å². The van der Waals surface area contributed by atoms with Crippen LogP contribution in [-0.4, -0.2) is 38.0 Å². The highest BCUT2D eigenvalue weighted by Crippen LogP contribution is 2.16. The van der Waals surface area contributed by atoms with Gasteiger partial charge in [0.25, 0.3) is 11.8 Å². The highest BCUT2D eigenvalue weighted by Gasteiger charge is 2.27. The van der Waals surface area contributed by atoms with E-state index in [-0.39, 0.29) is 17.5 Å². The zero-order valence-electron chi connectivity index (χ0n) is 14.7. The zero-order valence-corrected chi connectivity index (χ0v) is 14.7. The number of fused-ring (bicyclic) bond motifs is 1. The molecular weight excluding hydrogens is 342 g/mol. The van der Waals surface area contributed by atoms with Gasteiger partial charge < -0.3 is 10.2 Å². The molecule has 0 atom stereocenters. The van der Waals surface area contributed by atoms with Crippen LogP contribution in [0.4, 0.5) is 0 Å². The van der Waals surface area contributed by atoms with Crippen LogP contribution in [0.2, 0.25) is 0 Å². The topological polar surface area (TPSA) is 80.1 Å². The standard InChI is InChI=1S/C20H19N5O2/c26-19(22-13-16-7-4-8-21-12-16)17-11-18-20(27)24(9-10-25(18)23-17)14-15-5-2-1-3-6-15/h1-8,11-12H,9-10,13-14H2,(H,22,26). The number of carbonyl (C=O) groups is 2. The van der Waals surface area contributed by atoms with Crippen molar-refractivity contribution >= 4 is 11.8 Å². The first-order valence-electron chi connectivity index (χ1n) is 8.79. The third kappa shape index (κ3) is 3.72. The summed E-state index contributed by atoms with van der Waals surface area (Å²) in [5, 5.41) is 7.11. The molecule has 3 aromatic rings. The minimum absolute atomic E-state index is 0.107. The number of aromatic nitrogens is 3. The van der Waals surface area contributed by atoms with Crippen molar-refractivity contribution in [3.8, 4) is 0 Å². The van der Waals surface area contributed by atoms with Crippen molar-refractivity contribution in [3.05, 3.63) is 83.4 Å². The molecule has 3 heterocycles. The van der Waals surface area contributed by atoms with Crippen LogP contribution < -0.4 is 5.32 Å². The van der Waals surface area contributed by atoms with E-state index in [1.165, 1.54) is 0 Å². The number of carbonyl (C=O) groups excluding carboxylic acids is 2. The number of amides is 2. The van der Waals surface area contributed by atoms with Gasteiger partial charge in [-0.3, -0.25) is 19.3 Å². The number of nitrogens with zero attached hydrogens (tertiary/aromatic N) is 4. The van der Waals surface area contributed by atoms with Crippen LogP contribution in [-0.2, 0) is 19.6 Å². The highest BCUT2D eigenvalue weighted by molar-refractivity contribution is 5.98.